The van der Waals surface area contributed by atoms with Crippen LogP contribution in [0.2, 0.25) is 0 Å². The van der Waals surface area contributed by atoms with E-state index in [9.17, 15) is 4.79 Å². The number of amides is 2. The van der Waals surface area contributed by atoms with Crippen molar-refractivity contribution in [2.75, 3.05) is 31.6 Å². The average Bonchev–Trinajstić information content (AvgIpc) is 2.57. The van der Waals surface area contributed by atoms with E-state index >= 15 is 0 Å². The summed E-state index contributed by atoms with van der Waals surface area (Å²) in [5.41, 5.74) is 0. The Kier molecular flexibility index (Phi) is 6.55. The standard InChI is InChI=1S/C16H20N4O2/c21-16(19-11-10-18-15-8-4-5-9-17-15)20-12-13-22-14-6-2-1-3-7-14/h1-9H,10-13H2,(H,17,18)(H2,19,20,21). The molecule has 1 aromatic carbocycles. The van der Waals surface area contributed by atoms with E-state index in [4.69, 9.17) is 4.74 Å². The molecule has 0 bridgehead atoms. The van der Waals surface area contributed by atoms with Gasteiger partial charge < -0.3 is 20.7 Å². The van der Waals surface area contributed by atoms with E-state index in [1.54, 1.807) is 6.20 Å². The van der Waals surface area contributed by atoms with Crippen molar-refractivity contribution in [1.82, 2.24) is 15.6 Å². The zero-order valence-corrected chi connectivity index (χ0v) is 12.3. The van der Waals surface area contributed by atoms with Gasteiger partial charge in [0.05, 0.1) is 6.54 Å². The lowest BCUT2D eigenvalue weighted by Gasteiger charge is -2.09. The molecule has 0 unspecified atom stereocenters. The van der Waals surface area contributed by atoms with Crippen molar-refractivity contribution < 1.29 is 9.53 Å². The summed E-state index contributed by atoms with van der Waals surface area (Å²) in [6.45, 7) is 2.02. The van der Waals surface area contributed by atoms with Crippen LogP contribution in [-0.4, -0.2) is 37.3 Å². The summed E-state index contributed by atoms with van der Waals surface area (Å²) in [6.07, 6.45) is 1.72. The van der Waals surface area contributed by atoms with Crippen molar-refractivity contribution in [3.8, 4) is 5.75 Å². The van der Waals surface area contributed by atoms with E-state index in [1.165, 1.54) is 0 Å². The second-order valence-corrected chi connectivity index (χ2v) is 4.49. The van der Waals surface area contributed by atoms with Crippen LogP contribution >= 0.6 is 0 Å². The third kappa shape index (κ3) is 6.13. The van der Waals surface area contributed by atoms with E-state index in [0.29, 0.717) is 26.2 Å². The zero-order chi connectivity index (χ0) is 15.5. The molecular formula is C16H20N4O2. The molecule has 0 spiro atoms. The van der Waals surface area contributed by atoms with Crippen LogP contribution in [0.5, 0.6) is 5.75 Å². The molecule has 3 N–H and O–H groups in total. The Morgan fingerprint density at radius 3 is 2.50 bits per heavy atom. The highest BCUT2D eigenvalue weighted by Crippen LogP contribution is 2.07. The quantitative estimate of drug-likeness (QED) is 0.651. The molecule has 0 fully saturated rings. The number of hydrogen-bond donors (Lipinski definition) is 3. The van der Waals surface area contributed by atoms with Crippen molar-refractivity contribution in [2.24, 2.45) is 0 Å². The third-order valence-corrected chi connectivity index (χ3v) is 2.78. The zero-order valence-electron chi connectivity index (χ0n) is 12.3. The van der Waals surface area contributed by atoms with Gasteiger partial charge >= 0.3 is 6.03 Å². The number of carbonyl (C=O) groups excluding carboxylic acids is 1. The SMILES string of the molecule is O=C(NCCNc1ccccn1)NCCOc1ccccc1. The maximum absolute atomic E-state index is 11.5. The van der Waals surface area contributed by atoms with Crippen molar-refractivity contribution in [3.05, 3.63) is 54.7 Å². The molecule has 116 valence electrons. The van der Waals surface area contributed by atoms with Crippen LogP contribution in [0.25, 0.3) is 0 Å². The lowest BCUT2D eigenvalue weighted by Crippen LogP contribution is -2.39. The number of para-hydroxylation sites is 1. The number of urea groups is 1. The number of anilines is 1. The number of carbonyl (C=O) groups is 1. The van der Waals surface area contributed by atoms with Gasteiger partial charge in [-0.3, -0.25) is 0 Å². The van der Waals surface area contributed by atoms with E-state index < -0.39 is 0 Å². The Labute approximate surface area is 129 Å². The molecular weight excluding hydrogens is 280 g/mol. The molecule has 2 amide bonds. The number of pyridine rings is 1. The smallest absolute Gasteiger partial charge is 0.314 e. The van der Waals surface area contributed by atoms with Crippen LogP contribution in [0.1, 0.15) is 0 Å². The Morgan fingerprint density at radius 1 is 0.955 bits per heavy atom. The summed E-state index contributed by atoms with van der Waals surface area (Å²) in [6, 6.07) is 14.9. The second-order valence-electron chi connectivity index (χ2n) is 4.49. The maximum Gasteiger partial charge on any atom is 0.314 e. The highest BCUT2D eigenvalue weighted by Gasteiger charge is 1.99. The molecule has 1 aromatic heterocycles. The van der Waals surface area contributed by atoms with Gasteiger partial charge in [-0.25, -0.2) is 9.78 Å². The summed E-state index contributed by atoms with van der Waals surface area (Å²) in [5, 5.41) is 8.60. The first-order chi connectivity index (χ1) is 10.8. The highest BCUT2D eigenvalue weighted by molar-refractivity contribution is 5.73. The lowest BCUT2D eigenvalue weighted by atomic mass is 10.3. The fraction of sp³-hybridized carbons (Fsp3) is 0.250. The van der Waals surface area contributed by atoms with Gasteiger partial charge in [0.1, 0.15) is 18.2 Å². The minimum Gasteiger partial charge on any atom is -0.492 e. The van der Waals surface area contributed by atoms with Gasteiger partial charge in [-0.15, -0.1) is 0 Å². The number of aromatic nitrogens is 1. The summed E-state index contributed by atoms with van der Waals surface area (Å²) in [4.78, 5) is 15.7. The van der Waals surface area contributed by atoms with Crippen molar-refractivity contribution >= 4 is 11.8 Å². The predicted molar refractivity (Wildman–Crippen MR) is 86.1 cm³/mol. The molecule has 0 radical (unpaired) electrons. The molecule has 0 aliphatic rings. The first kappa shape index (κ1) is 15.6. The van der Waals surface area contributed by atoms with Crippen LogP contribution in [0.15, 0.2) is 54.7 Å². The summed E-state index contributed by atoms with van der Waals surface area (Å²) < 4.78 is 5.48. The fourth-order valence-electron chi connectivity index (χ4n) is 1.75. The predicted octanol–water partition coefficient (Wildman–Crippen LogP) is 1.87. The van der Waals surface area contributed by atoms with Gasteiger partial charge in [0.15, 0.2) is 0 Å². The van der Waals surface area contributed by atoms with Crippen LogP contribution in [0.4, 0.5) is 10.6 Å². The van der Waals surface area contributed by atoms with Crippen molar-refractivity contribution in [1.29, 1.82) is 0 Å². The molecule has 2 rings (SSSR count). The molecule has 22 heavy (non-hydrogen) atoms. The van der Waals surface area contributed by atoms with E-state index in [0.717, 1.165) is 11.6 Å². The Balaban J connectivity index is 1.49. The van der Waals surface area contributed by atoms with Gasteiger partial charge in [0.2, 0.25) is 0 Å². The minimum atomic E-state index is -0.209. The second kappa shape index (κ2) is 9.23. The number of benzene rings is 1. The highest BCUT2D eigenvalue weighted by atomic mass is 16.5. The van der Waals surface area contributed by atoms with Crippen molar-refractivity contribution in [3.63, 3.8) is 0 Å². The Morgan fingerprint density at radius 2 is 1.73 bits per heavy atom. The first-order valence-corrected chi connectivity index (χ1v) is 7.19. The van der Waals surface area contributed by atoms with Crippen LogP contribution in [0, 0.1) is 0 Å². The van der Waals surface area contributed by atoms with Crippen LogP contribution in [0.3, 0.4) is 0 Å². The van der Waals surface area contributed by atoms with Gasteiger partial charge in [0.25, 0.3) is 0 Å². The number of ether oxygens (including phenoxy) is 1. The van der Waals surface area contributed by atoms with Crippen LogP contribution < -0.4 is 20.7 Å². The van der Waals surface area contributed by atoms with E-state index in [-0.39, 0.29) is 6.03 Å². The van der Waals surface area contributed by atoms with Crippen molar-refractivity contribution in [2.45, 2.75) is 0 Å². The molecule has 6 nitrogen and oxygen atoms in total. The number of nitrogens with one attached hydrogen (secondary N) is 3. The largest absolute Gasteiger partial charge is 0.492 e. The first-order valence-electron chi connectivity index (χ1n) is 7.19. The molecule has 1 heterocycles. The van der Waals surface area contributed by atoms with E-state index in [2.05, 4.69) is 20.9 Å². The fourth-order valence-corrected chi connectivity index (χ4v) is 1.75. The van der Waals surface area contributed by atoms with Gasteiger partial charge in [0, 0.05) is 19.3 Å². The molecule has 0 atom stereocenters. The van der Waals surface area contributed by atoms with Gasteiger partial charge in [-0.05, 0) is 24.3 Å². The normalized spacial score (nSPS) is 9.82. The molecule has 2 aromatic rings. The summed E-state index contributed by atoms with van der Waals surface area (Å²) in [7, 11) is 0. The Hall–Kier alpha value is -2.76. The maximum atomic E-state index is 11.5. The van der Waals surface area contributed by atoms with Gasteiger partial charge in [-0.2, -0.15) is 0 Å². The summed E-state index contributed by atoms with van der Waals surface area (Å²) in [5.74, 6) is 1.59. The number of hydrogen-bond acceptors (Lipinski definition) is 4. The summed E-state index contributed by atoms with van der Waals surface area (Å²) >= 11 is 0. The van der Waals surface area contributed by atoms with Gasteiger partial charge in [-0.1, -0.05) is 24.3 Å². The number of nitrogens with zero attached hydrogens (tertiary/aromatic N) is 1. The number of rotatable bonds is 8. The molecule has 0 aliphatic heterocycles. The lowest BCUT2D eigenvalue weighted by molar-refractivity contribution is 0.237. The molecule has 0 saturated carbocycles. The molecule has 0 saturated heterocycles. The monoisotopic (exact) mass is 300 g/mol. The minimum absolute atomic E-state index is 0.209. The molecule has 0 aliphatic carbocycles. The van der Waals surface area contributed by atoms with E-state index in [1.807, 2.05) is 48.5 Å². The average molecular weight is 300 g/mol. The Bertz CT molecular complexity index is 499. The third-order valence-electron chi connectivity index (χ3n) is 2.78. The molecule has 6 heteroatoms. The topological polar surface area (TPSA) is 75.3 Å². The van der Waals surface area contributed by atoms with Crippen LogP contribution in [-0.2, 0) is 0 Å².